The second-order valence-electron chi connectivity index (χ2n) is 4.89. The molecule has 1 N–H and O–H groups in total. The highest BCUT2D eigenvalue weighted by atomic mass is 35.5. The van der Waals surface area contributed by atoms with Crippen LogP contribution in [0.5, 0.6) is 0 Å². The number of hydrogen-bond acceptors (Lipinski definition) is 2. The van der Waals surface area contributed by atoms with Gasteiger partial charge >= 0.3 is 0 Å². The van der Waals surface area contributed by atoms with E-state index in [1.165, 1.54) is 25.5 Å². The average Bonchev–Trinajstić information content (AvgIpc) is 2.31. The first-order valence-corrected chi connectivity index (χ1v) is 6.91. The van der Waals surface area contributed by atoms with Gasteiger partial charge in [-0.05, 0) is 30.7 Å². The first kappa shape index (κ1) is 13.6. The van der Waals surface area contributed by atoms with Crippen LogP contribution in [0.2, 0.25) is 10.2 Å². The van der Waals surface area contributed by atoms with Gasteiger partial charge in [-0.3, -0.25) is 4.79 Å². The number of aromatic nitrogens is 1. The largest absolute Gasteiger partial charge is 0.351 e. The lowest BCUT2D eigenvalue weighted by Crippen LogP contribution is -2.41. The summed E-state index contributed by atoms with van der Waals surface area (Å²) in [5.41, 5.74) is 0.759. The fourth-order valence-corrected chi connectivity index (χ4v) is 2.52. The van der Waals surface area contributed by atoms with E-state index in [1.807, 2.05) is 0 Å². The monoisotopic (exact) mass is 286 g/mol. The summed E-state index contributed by atoms with van der Waals surface area (Å²) in [7, 11) is 0. The molecule has 1 aromatic heterocycles. The molecular weight excluding hydrogens is 271 g/mol. The lowest BCUT2D eigenvalue weighted by molar-refractivity contribution is 0.0850. The highest BCUT2D eigenvalue weighted by Crippen LogP contribution is 2.43. The van der Waals surface area contributed by atoms with E-state index in [0.29, 0.717) is 16.0 Å². The summed E-state index contributed by atoms with van der Waals surface area (Å²) in [6.07, 6.45) is 6.21. The molecule has 0 aromatic carbocycles. The second-order valence-corrected chi connectivity index (χ2v) is 5.65. The maximum absolute atomic E-state index is 12.0. The molecule has 0 saturated heterocycles. The van der Waals surface area contributed by atoms with Gasteiger partial charge in [0.05, 0.1) is 10.6 Å². The van der Waals surface area contributed by atoms with E-state index in [0.717, 1.165) is 13.0 Å². The molecule has 3 nitrogen and oxygen atoms in total. The third kappa shape index (κ3) is 2.78. The number of halogens is 2. The fourth-order valence-electron chi connectivity index (χ4n) is 2.25. The van der Waals surface area contributed by atoms with Crippen molar-refractivity contribution in [3.63, 3.8) is 0 Å². The van der Waals surface area contributed by atoms with Crippen molar-refractivity contribution in [1.82, 2.24) is 10.3 Å². The Morgan fingerprint density at radius 1 is 1.50 bits per heavy atom. The van der Waals surface area contributed by atoms with E-state index < -0.39 is 0 Å². The van der Waals surface area contributed by atoms with Gasteiger partial charge in [0.2, 0.25) is 0 Å². The van der Waals surface area contributed by atoms with Crippen LogP contribution in [-0.4, -0.2) is 17.4 Å². The van der Waals surface area contributed by atoms with Gasteiger partial charge in [0.1, 0.15) is 5.15 Å². The van der Waals surface area contributed by atoms with Crippen molar-refractivity contribution in [3.05, 3.63) is 28.0 Å². The highest BCUT2D eigenvalue weighted by Gasteiger charge is 2.35. The molecular formula is C13H16Cl2N2O. The Bertz CT molecular complexity index is 453. The Labute approximate surface area is 117 Å². The van der Waals surface area contributed by atoms with E-state index in [-0.39, 0.29) is 11.1 Å². The van der Waals surface area contributed by atoms with Crippen LogP contribution in [0.4, 0.5) is 0 Å². The van der Waals surface area contributed by atoms with E-state index in [2.05, 4.69) is 17.2 Å². The molecule has 1 aliphatic carbocycles. The minimum absolute atomic E-state index is 0.138. The van der Waals surface area contributed by atoms with Crippen LogP contribution in [0, 0.1) is 5.41 Å². The van der Waals surface area contributed by atoms with Gasteiger partial charge in [-0.2, -0.15) is 0 Å². The van der Waals surface area contributed by atoms with Crippen LogP contribution in [-0.2, 0) is 0 Å². The van der Waals surface area contributed by atoms with Gasteiger partial charge < -0.3 is 5.32 Å². The standard InChI is InChI=1S/C13H16Cl2N2O/c1-2-13(4-3-5-13)8-17-12(18)9-6-10(14)11(15)16-7-9/h6-7H,2-5,8H2,1H3,(H,17,18). The molecule has 1 fully saturated rings. The topological polar surface area (TPSA) is 42.0 Å². The Hall–Kier alpha value is -0.800. The molecule has 5 heteroatoms. The molecule has 1 heterocycles. The molecule has 2 rings (SSSR count). The zero-order valence-corrected chi connectivity index (χ0v) is 11.8. The number of pyridine rings is 1. The molecule has 0 aliphatic heterocycles. The van der Waals surface area contributed by atoms with Crippen LogP contribution < -0.4 is 5.32 Å². The zero-order chi connectivity index (χ0) is 13.2. The SMILES string of the molecule is CCC1(CNC(=O)c2cnc(Cl)c(Cl)c2)CCC1. The smallest absolute Gasteiger partial charge is 0.252 e. The van der Waals surface area contributed by atoms with Gasteiger partial charge in [0.15, 0.2) is 0 Å². The Morgan fingerprint density at radius 3 is 2.72 bits per heavy atom. The quantitative estimate of drug-likeness (QED) is 0.858. The maximum Gasteiger partial charge on any atom is 0.252 e. The summed E-state index contributed by atoms with van der Waals surface area (Å²) >= 11 is 11.6. The van der Waals surface area contributed by atoms with E-state index in [9.17, 15) is 4.79 Å². The summed E-state index contributed by atoms with van der Waals surface area (Å²) in [6, 6.07) is 1.55. The van der Waals surface area contributed by atoms with E-state index >= 15 is 0 Å². The lowest BCUT2D eigenvalue weighted by atomic mass is 9.67. The van der Waals surface area contributed by atoms with Crippen LogP contribution in [0.15, 0.2) is 12.3 Å². The van der Waals surface area contributed by atoms with Crippen molar-refractivity contribution >= 4 is 29.1 Å². The first-order chi connectivity index (χ1) is 8.56. The van der Waals surface area contributed by atoms with Gasteiger partial charge in [0, 0.05) is 12.7 Å². The van der Waals surface area contributed by atoms with Crippen LogP contribution in [0.25, 0.3) is 0 Å². The number of nitrogens with one attached hydrogen (secondary N) is 1. The molecule has 0 spiro atoms. The van der Waals surface area contributed by atoms with Crippen molar-refractivity contribution in [2.24, 2.45) is 5.41 Å². The molecule has 0 bridgehead atoms. The van der Waals surface area contributed by atoms with Crippen LogP contribution >= 0.6 is 23.2 Å². The molecule has 0 radical (unpaired) electrons. The molecule has 1 aliphatic rings. The van der Waals surface area contributed by atoms with Crippen LogP contribution in [0.1, 0.15) is 43.0 Å². The second kappa shape index (κ2) is 5.45. The summed E-state index contributed by atoms with van der Waals surface area (Å²) in [5.74, 6) is -0.138. The van der Waals surface area contributed by atoms with Gasteiger partial charge in [-0.15, -0.1) is 0 Å². The molecule has 18 heavy (non-hydrogen) atoms. The molecule has 98 valence electrons. The maximum atomic E-state index is 12.0. The lowest BCUT2D eigenvalue weighted by Gasteiger charge is -2.41. The third-order valence-corrected chi connectivity index (χ3v) is 4.53. The Balaban J connectivity index is 1.97. The van der Waals surface area contributed by atoms with Crippen molar-refractivity contribution in [2.45, 2.75) is 32.6 Å². The molecule has 1 aromatic rings. The number of carbonyl (C=O) groups excluding carboxylic acids is 1. The molecule has 1 amide bonds. The van der Waals surface area contributed by atoms with Crippen molar-refractivity contribution < 1.29 is 4.79 Å². The minimum atomic E-state index is -0.138. The van der Waals surface area contributed by atoms with Gasteiger partial charge in [-0.25, -0.2) is 4.98 Å². The predicted octanol–water partition coefficient (Wildman–Crippen LogP) is 3.70. The Kier molecular flexibility index (Phi) is 4.13. The average molecular weight is 287 g/mol. The first-order valence-electron chi connectivity index (χ1n) is 6.15. The van der Waals surface area contributed by atoms with E-state index in [1.54, 1.807) is 6.07 Å². The van der Waals surface area contributed by atoms with E-state index in [4.69, 9.17) is 23.2 Å². The number of rotatable bonds is 4. The van der Waals surface area contributed by atoms with Crippen molar-refractivity contribution in [2.75, 3.05) is 6.54 Å². The molecule has 0 atom stereocenters. The molecule has 0 unspecified atom stereocenters. The summed E-state index contributed by atoms with van der Waals surface area (Å²) in [4.78, 5) is 15.8. The van der Waals surface area contributed by atoms with Crippen LogP contribution in [0.3, 0.4) is 0 Å². The summed E-state index contributed by atoms with van der Waals surface area (Å²) in [6.45, 7) is 2.90. The fraction of sp³-hybridized carbons (Fsp3) is 0.538. The summed E-state index contributed by atoms with van der Waals surface area (Å²) in [5, 5.41) is 3.48. The normalized spacial score (nSPS) is 17.1. The highest BCUT2D eigenvalue weighted by molar-refractivity contribution is 6.41. The predicted molar refractivity (Wildman–Crippen MR) is 73.2 cm³/mol. The summed E-state index contributed by atoms with van der Waals surface area (Å²) < 4.78 is 0. The number of nitrogens with zero attached hydrogens (tertiary/aromatic N) is 1. The van der Waals surface area contributed by atoms with Crippen molar-refractivity contribution in [3.8, 4) is 0 Å². The zero-order valence-electron chi connectivity index (χ0n) is 10.3. The van der Waals surface area contributed by atoms with Gasteiger partial charge in [0.25, 0.3) is 5.91 Å². The van der Waals surface area contributed by atoms with Gasteiger partial charge in [-0.1, -0.05) is 36.5 Å². The number of amides is 1. The Morgan fingerprint density at radius 2 is 2.22 bits per heavy atom. The minimum Gasteiger partial charge on any atom is -0.351 e. The van der Waals surface area contributed by atoms with Crippen molar-refractivity contribution in [1.29, 1.82) is 0 Å². The molecule has 1 saturated carbocycles. The third-order valence-electron chi connectivity index (χ3n) is 3.85. The number of hydrogen-bond donors (Lipinski definition) is 1. The number of carbonyl (C=O) groups is 1.